The Morgan fingerprint density at radius 2 is 1.81 bits per heavy atom. The van der Waals surface area contributed by atoms with Gasteiger partial charge in [0.15, 0.2) is 0 Å². The van der Waals surface area contributed by atoms with Crippen LogP contribution in [0.1, 0.15) is 42.9 Å². The third-order valence-corrected chi connectivity index (χ3v) is 7.63. The van der Waals surface area contributed by atoms with Gasteiger partial charge in [0.1, 0.15) is 0 Å². The maximum atomic E-state index is 13.0. The zero-order valence-corrected chi connectivity index (χ0v) is 19.5. The van der Waals surface area contributed by atoms with Crippen LogP contribution in [-0.2, 0) is 21.4 Å². The summed E-state index contributed by atoms with van der Waals surface area (Å²) < 4.78 is 27.5. The van der Waals surface area contributed by atoms with Crippen molar-refractivity contribution in [2.24, 2.45) is 0 Å². The van der Waals surface area contributed by atoms with Gasteiger partial charge < -0.3 is 5.32 Å². The van der Waals surface area contributed by atoms with Crippen LogP contribution in [0.25, 0.3) is 0 Å². The van der Waals surface area contributed by atoms with Crippen LogP contribution in [0.3, 0.4) is 0 Å². The van der Waals surface area contributed by atoms with Crippen LogP contribution in [0.5, 0.6) is 0 Å². The Morgan fingerprint density at radius 3 is 2.48 bits per heavy atom. The molecule has 1 heterocycles. The Bertz CT molecular complexity index is 1010. The van der Waals surface area contributed by atoms with Gasteiger partial charge in [-0.2, -0.15) is 4.31 Å². The Hall–Kier alpha value is -2.22. The van der Waals surface area contributed by atoms with E-state index in [0.717, 1.165) is 31.4 Å². The Kier molecular flexibility index (Phi) is 7.86. The van der Waals surface area contributed by atoms with E-state index in [2.05, 4.69) is 35.3 Å². The van der Waals surface area contributed by atoms with E-state index >= 15 is 0 Å². The van der Waals surface area contributed by atoms with Crippen molar-refractivity contribution in [3.05, 3.63) is 59.2 Å². The largest absolute Gasteiger partial charge is 0.325 e. The predicted octanol–water partition coefficient (Wildman–Crippen LogP) is 3.94. The number of rotatable bonds is 8. The lowest BCUT2D eigenvalue weighted by Crippen LogP contribution is -2.35. The summed E-state index contributed by atoms with van der Waals surface area (Å²) in [5, 5.41) is 2.92. The standard InChI is InChI=1S/C24H33N3O3S/c1-4-26(17-21-10-8-9-19(2)15-21)18-24(28)25-23-16-22(12-11-20(23)3)31(29,30)27-13-6-5-7-14-27/h8-12,15-16H,4-7,13-14,17-18H2,1-3H3,(H,25,28). The van der Waals surface area contributed by atoms with Gasteiger partial charge in [-0.3, -0.25) is 9.69 Å². The molecule has 0 spiro atoms. The number of nitrogens with zero attached hydrogens (tertiary/aromatic N) is 2. The summed E-state index contributed by atoms with van der Waals surface area (Å²) in [5.74, 6) is -0.148. The lowest BCUT2D eigenvalue weighted by Gasteiger charge is -2.26. The second kappa shape index (κ2) is 10.4. The van der Waals surface area contributed by atoms with Gasteiger partial charge in [0.2, 0.25) is 15.9 Å². The minimum absolute atomic E-state index is 0.148. The first-order valence-corrected chi connectivity index (χ1v) is 12.4. The van der Waals surface area contributed by atoms with Gasteiger partial charge in [0.25, 0.3) is 0 Å². The molecule has 0 unspecified atom stereocenters. The number of hydrogen-bond acceptors (Lipinski definition) is 4. The number of hydrogen-bond donors (Lipinski definition) is 1. The van der Waals surface area contributed by atoms with Crippen molar-refractivity contribution >= 4 is 21.6 Å². The summed E-state index contributed by atoms with van der Waals surface area (Å²) in [7, 11) is -3.54. The molecule has 168 valence electrons. The fourth-order valence-electron chi connectivity index (χ4n) is 3.89. The van der Waals surface area contributed by atoms with E-state index in [-0.39, 0.29) is 17.3 Å². The maximum absolute atomic E-state index is 13.0. The molecule has 0 aliphatic carbocycles. The molecule has 0 atom stereocenters. The summed E-state index contributed by atoms with van der Waals surface area (Å²) in [5.41, 5.74) is 3.75. The first-order valence-electron chi connectivity index (χ1n) is 11.0. The first kappa shape index (κ1) is 23.4. The van der Waals surface area contributed by atoms with E-state index < -0.39 is 10.0 Å². The zero-order chi connectivity index (χ0) is 22.4. The molecule has 1 amide bonds. The molecule has 2 aromatic rings. The van der Waals surface area contributed by atoms with Gasteiger partial charge >= 0.3 is 0 Å². The van der Waals surface area contributed by atoms with E-state index in [1.54, 1.807) is 22.5 Å². The van der Waals surface area contributed by atoms with Crippen LogP contribution in [0, 0.1) is 13.8 Å². The van der Waals surface area contributed by atoms with Crippen molar-refractivity contribution in [1.82, 2.24) is 9.21 Å². The minimum Gasteiger partial charge on any atom is -0.325 e. The van der Waals surface area contributed by atoms with Crippen molar-refractivity contribution in [2.75, 3.05) is 31.5 Å². The average Bonchev–Trinajstić information content (AvgIpc) is 2.75. The van der Waals surface area contributed by atoms with E-state index in [0.29, 0.717) is 25.3 Å². The molecule has 1 N–H and O–H groups in total. The lowest BCUT2D eigenvalue weighted by molar-refractivity contribution is -0.117. The van der Waals surface area contributed by atoms with Crippen LogP contribution >= 0.6 is 0 Å². The molecule has 0 bridgehead atoms. The predicted molar refractivity (Wildman–Crippen MR) is 125 cm³/mol. The molecular weight excluding hydrogens is 410 g/mol. The number of aryl methyl sites for hydroxylation is 2. The monoisotopic (exact) mass is 443 g/mol. The topological polar surface area (TPSA) is 69.7 Å². The number of sulfonamides is 1. The molecule has 31 heavy (non-hydrogen) atoms. The van der Waals surface area contributed by atoms with Crippen molar-refractivity contribution in [2.45, 2.75) is 51.5 Å². The number of piperidine rings is 1. The molecule has 2 aromatic carbocycles. The number of carbonyl (C=O) groups is 1. The smallest absolute Gasteiger partial charge is 0.243 e. The molecule has 1 aliphatic rings. The Labute approximate surface area is 186 Å². The number of likely N-dealkylation sites (N-methyl/N-ethyl adjacent to an activating group) is 1. The highest BCUT2D eigenvalue weighted by atomic mass is 32.2. The number of carbonyl (C=O) groups excluding carboxylic acids is 1. The zero-order valence-electron chi connectivity index (χ0n) is 18.7. The molecule has 0 radical (unpaired) electrons. The first-order chi connectivity index (χ1) is 14.8. The van der Waals surface area contributed by atoms with E-state index in [1.807, 2.05) is 19.9 Å². The van der Waals surface area contributed by atoms with E-state index in [1.165, 1.54) is 11.1 Å². The van der Waals surface area contributed by atoms with Crippen molar-refractivity contribution < 1.29 is 13.2 Å². The van der Waals surface area contributed by atoms with Crippen molar-refractivity contribution in [3.63, 3.8) is 0 Å². The summed E-state index contributed by atoms with van der Waals surface area (Å²) in [6.07, 6.45) is 2.85. The molecule has 7 heteroatoms. The molecular formula is C24H33N3O3S. The third-order valence-electron chi connectivity index (χ3n) is 5.74. The molecule has 0 aromatic heterocycles. The van der Waals surface area contributed by atoms with Crippen LogP contribution in [0.4, 0.5) is 5.69 Å². The molecule has 0 saturated carbocycles. The molecule has 1 aliphatic heterocycles. The quantitative estimate of drug-likeness (QED) is 0.671. The van der Waals surface area contributed by atoms with Gasteiger partial charge in [-0.1, -0.05) is 49.2 Å². The Balaban J connectivity index is 1.69. The van der Waals surface area contributed by atoms with Gasteiger partial charge in [0.05, 0.1) is 11.4 Å². The average molecular weight is 444 g/mol. The fraction of sp³-hybridized carbons (Fsp3) is 0.458. The van der Waals surface area contributed by atoms with Crippen LogP contribution in [0.15, 0.2) is 47.4 Å². The number of amides is 1. The SMILES string of the molecule is CCN(CC(=O)Nc1cc(S(=O)(=O)N2CCCCC2)ccc1C)Cc1cccc(C)c1. The second-order valence-corrected chi connectivity index (χ2v) is 10.2. The van der Waals surface area contributed by atoms with E-state index in [9.17, 15) is 13.2 Å². The third kappa shape index (κ3) is 6.15. The number of anilines is 1. The summed E-state index contributed by atoms with van der Waals surface area (Å²) in [6.45, 7) is 8.74. The highest BCUT2D eigenvalue weighted by Crippen LogP contribution is 2.25. The van der Waals surface area contributed by atoms with Gasteiger partial charge in [-0.05, 0) is 56.5 Å². The van der Waals surface area contributed by atoms with Crippen molar-refractivity contribution in [3.8, 4) is 0 Å². The number of benzene rings is 2. The fourth-order valence-corrected chi connectivity index (χ4v) is 5.44. The second-order valence-electron chi connectivity index (χ2n) is 8.28. The van der Waals surface area contributed by atoms with Gasteiger partial charge in [0, 0.05) is 25.3 Å². The highest BCUT2D eigenvalue weighted by molar-refractivity contribution is 7.89. The molecule has 1 fully saturated rings. The van der Waals surface area contributed by atoms with Crippen LogP contribution in [0.2, 0.25) is 0 Å². The van der Waals surface area contributed by atoms with Gasteiger partial charge in [-0.25, -0.2) is 8.42 Å². The Morgan fingerprint density at radius 1 is 1.06 bits per heavy atom. The highest BCUT2D eigenvalue weighted by Gasteiger charge is 2.26. The minimum atomic E-state index is -3.54. The van der Waals surface area contributed by atoms with Crippen molar-refractivity contribution in [1.29, 1.82) is 0 Å². The molecule has 6 nitrogen and oxygen atoms in total. The van der Waals surface area contributed by atoms with Crippen LogP contribution in [-0.4, -0.2) is 49.7 Å². The lowest BCUT2D eigenvalue weighted by atomic mass is 10.1. The normalized spacial score (nSPS) is 15.2. The van der Waals surface area contributed by atoms with Crippen LogP contribution < -0.4 is 5.32 Å². The maximum Gasteiger partial charge on any atom is 0.243 e. The van der Waals surface area contributed by atoms with Gasteiger partial charge in [-0.15, -0.1) is 0 Å². The summed E-state index contributed by atoms with van der Waals surface area (Å²) >= 11 is 0. The summed E-state index contributed by atoms with van der Waals surface area (Å²) in [4.78, 5) is 15.0. The number of nitrogens with one attached hydrogen (secondary N) is 1. The van der Waals surface area contributed by atoms with E-state index in [4.69, 9.17) is 0 Å². The summed E-state index contributed by atoms with van der Waals surface area (Å²) in [6, 6.07) is 13.2. The molecule has 3 rings (SSSR count). The molecule has 1 saturated heterocycles.